The minimum Gasteiger partial charge on any atom is -0.598 e. The second-order valence-corrected chi connectivity index (χ2v) is 10.3. The van der Waals surface area contributed by atoms with Gasteiger partial charge in [0.05, 0.1) is 31.6 Å². The highest BCUT2D eigenvalue weighted by molar-refractivity contribution is 7.89. The van der Waals surface area contributed by atoms with E-state index >= 15 is 0 Å². The molecule has 1 aromatic carbocycles. The number of benzene rings is 1. The Labute approximate surface area is 202 Å². The van der Waals surface area contributed by atoms with Gasteiger partial charge in [-0.25, -0.2) is 0 Å². The smallest absolute Gasteiger partial charge is 0.453 e. The van der Waals surface area contributed by atoms with Crippen LogP contribution in [0.15, 0.2) is 41.3 Å². The summed E-state index contributed by atoms with van der Waals surface area (Å²) in [5, 5.41) is 4.16. The average Bonchev–Trinajstić information content (AvgIpc) is 2.82. The van der Waals surface area contributed by atoms with E-state index in [9.17, 15) is 31.3 Å². The number of alkyl halides is 5. The SMILES string of the molecule is CC(C)[S+]([O-])N1CCN(c2cnn(-c3ccccc3)c(=O)c2OCCCC(F)(F)C(F)(F)F)CC1. The molecule has 1 fully saturated rings. The molecule has 13 heteroatoms. The van der Waals surface area contributed by atoms with E-state index in [2.05, 4.69) is 5.10 Å². The van der Waals surface area contributed by atoms with Crippen molar-refractivity contribution in [3.8, 4) is 11.4 Å². The van der Waals surface area contributed by atoms with Gasteiger partial charge in [-0.1, -0.05) is 18.2 Å². The maximum absolute atomic E-state index is 13.3. The lowest BCUT2D eigenvalue weighted by Gasteiger charge is -2.36. The zero-order valence-electron chi connectivity index (χ0n) is 19.3. The second-order valence-electron chi connectivity index (χ2n) is 8.31. The third kappa shape index (κ3) is 6.44. The van der Waals surface area contributed by atoms with Crippen LogP contribution in [0.25, 0.3) is 5.69 Å². The number of para-hydroxylation sites is 1. The van der Waals surface area contributed by atoms with Crippen molar-refractivity contribution >= 4 is 17.0 Å². The van der Waals surface area contributed by atoms with Gasteiger partial charge in [0.15, 0.2) is 0 Å². The molecule has 1 aromatic heterocycles. The van der Waals surface area contributed by atoms with Crippen LogP contribution >= 0.6 is 0 Å². The van der Waals surface area contributed by atoms with Gasteiger partial charge in [-0.3, -0.25) is 4.79 Å². The van der Waals surface area contributed by atoms with Gasteiger partial charge in [-0.2, -0.15) is 31.7 Å². The number of hydrogen-bond donors (Lipinski definition) is 0. The van der Waals surface area contributed by atoms with Crippen molar-refractivity contribution in [3.05, 3.63) is 46.9 Å². The van der Waals surface area contributed by atoms with Gasteiger partial charge >= 0.3 is 17.7 Å². The fourth-order valence-electron chi connectivity index (χ4n) is 3.56. The molecule has 2 heterocycles. The molecule has 3 rings (SSSR count). The first-order valence-corrected chi connectivity index (χ1v) is 12.2. The molecule has 0 saturated carbocycles. The molecule has 0 amide bonds. The number of aromatic nitrogens is 2. The second kappa shape index (κ2) is 11.1. The van der Waals surface area contributed by atoms with Gasteiger partial charge in [0.2, 0.25) is 5.75 Å². The number of piperazine rings is 1. The van der Waals surface area contributed by atoms with Crippen LogP contribution in [0.3, 0.4) is 0 Å². The van der Waals surface area contributed by atoms with E-state index in [1.54, 1.807) is 35.2 Å². The highest BCUT2D eigenvalue weighted by Crippen LogP contribution is 2.39. The molecular formula is C22H27F5N4O3S. The van der Waals surface area contributed by atoms with Gasteiger partial charge in [-0.05, 0) is 32.4 Å². The largest absolute Gasteiger partial charge is 0.598 e. The Kier molecular flexibility index (Phi) is 8.65. The van der Waals surface area contributed by atoms with Crippen molar-refractivity contribution in [1.82, 2.24) is 14.1 Å². The van der Waals surface area contributed by atoms with Crippen molar-refractivity contribution in [1.29, 1.82) is 0 Å². The molecule has 0 radical (unpaired) electrons. The van der Waals surface area contributed by atoms with Crippen molar-refractivity contribution < 1.29 is 31.2 Å². The lowest BCUT2D eigenvalue weighted by Crippen LogP contribution is -2.50. The van der Waals surface area contributed by atoms with Gasteiger partial charge in [0.1, 0.15) is 10.9 Å². The number of nitrogens with zero attached hydrogens (tertiary/aromatic N) is 4. The number of ether oxygens (including phenoxy) is 1. The highest BCUT2D eigenvalue weighted by atomic mass is 32.2. The molecule has 35 heavy (non-hydrogen) atoms. The molecule has 1 atom stereocenters. The molecule has 0 N–H and O–H groups in total. The fourth-order valence-corrected chi connectivity index (χ4v) is 4.68. The lowest BCUT2D eigenvalue weighted by atomic mass is 10.2. The third-order valence-corrected chi connectivity index (χ3v) is 7.13. The first-order valence-electron chi connectivity index (χ1n) is 11.1. The lowest BCUT2D eigenvalue weighted by molar-refractivity contribution is -0.284. The standard InChI is InChI=1S/C22H27F5N4O3S/c1-16(2)35(33)30-12-10-29(11-13-30)18-15-28-31(17-7-4-3-5-8-17)20(32)19(18)34-14-6-9-21(23,24)22(25,26)27/h3-5,7-8,15-16H,6,9-14H2,1-2H3. The normalized spacial score (nSPS) is 16.5. The monoisotopic (exact) mass is 522 g/mol. The zero-order valence-corrected chi connectivity index (χ0v) is 20.1. The molecule has 2 aromatic rings. The average molecular weight is 523 g/mol. The molecule has 0 aliphatic carbocycles. The predicted molar refractivity (Wildman–Crippen MR) is 123 cm³/mol. The summed E-state index contributed by atoms with van der Waals surface area (Å²) in [6, 6.07) is 8.43. The maximum Gasteiger partial charge on any atom is 0.453 e. The van der Waals surface area contributed by atoms with Crippen molar-refractivity contribution in [2.75, 3.05) is 37.7 Å². The van der Waals surface area contributed by atoms with Crippen molar-refractivity contribution in [2.45, 2.75) is 44.0 Å². The van der Waals surface area contributed by atoms with E-state index in [-0.39, 0.29) is 11.0 Å². The number of rotatable bonds is 9. The van der Waals surface area contributed by atoms with Crippen LogP contribution in [0.2, 0.25) is 0 Å². The van der Waals surface area contributed by atoms with E-state index < -0.39 is 48.5 Å². The van der Waals surface area contributed by atoms with Crippen LogP contribution in [0.4, 0.5) is 27.6 Å². The van der Waals surface area contributed by atoms with Crippen LogP contribution in [-0.4, -0.2) is 68.8 Å². The summed E-state index contributed by atoms with van der Waals surface area (Å²) in [6.45, 7) is 4.89. The summed E-state index contributed by atoms with van der Waals surface area (Å²) in [5.41, 5.74) is 0.0823. The number of hydrogen-bond acceptors (Lipinski definition) is 6. The van der Waals surface area contributed by atoms with Crippen LogP contribution in [0.1, 0.15) is 26.7 Å². The van der Waals surface area contributed by atoms with E-state index in [4.69, 9.17) is 4.74 Å². The number of anilines is 1. The minimum absolute atomic E-state index is 0.0493. The Morgan fingerprint density at radius 1 is 1.09 bits per heavy atom. The Hall–Kier alpha value is -2.38. The van der Waals surface area contributed by atoms with Crippen LogP contribution in [0, 0.1) is 0 Å². The fraction of sp³-hybridized carbons (Fsp3) is 0.545. The molecular weight excluding hydrogens is 495 g/mol. The molecule has 7 nitrogen and oxygen atoms in total. The van der Waals surface area contributed by atoms with Crippen LogP contribution < -0.4 is 15.2 Å². The Morgan fingerprint density at radius 3 is 2.29 bits per heavy atom. The number of halogens is 5. The Balaban J connectivity index is 1.82. The van der Waals surface area contributed by atoms with E-state index in [1.165, 1.54) is 6.20 Å². The van der Waals surface area contributed by atoms with E-state index in [0.717, 1.165) is 4.68 Å². The molecule has 0 bridgehead atoms. The van der Waals surface area contributed by atoms with Crippen molar-refractivity contribution in [3.63, 3.8) is 0 Å². The molecule has 1 aliphatic rings. The summed E-state index contributed by atoms with van der Waals surface area (Å²) >= 11 is -1.16. The highest BCUT2D eigenvalue weighted by Gasteiger charge is 2.56. The van der Waals surface area contributed by atoms with Crippen LogP contribution in [-0.2, 0) is 11.4 Å². The quantitative estimate of drug-likeness (QED) is 0.284. The first-order chi connectivity index (χ1) is 16.4. The van der Waals surface area contributed by atoms with Gasteiger partial charge in [0, 0.05) is 30.9 Å². The third-order valence-electron chi connectivity index (χ3n) is 5.45. The summed E-state index contributed by atoms with van der Waals surface area (Å²) < 4.78 is 84.6. The summed E-state index contributed by atoms with van der Waals surface area (Å²) in [4.78, 5) is 15.0. The zero-order chi connectivity index (χ0) is 25.8. The first kappa shape index (κ1) is 27.2. The van der Waals surface area contributed by atoms with Gasteiger partial charge in [0.25, 0.3) is 0 Å². The molecule has 1 aliphatic heterocycles. The van der Waals surface area contributed by atoms with E-state index in [1.807, 2.05) is 18.2 Å². The summed E-state index contributed by atoms with van der Waals surface area (Å²) in [6.07, 6.45) is -6.31. The maximum atomic E-state index is 13.3. The molecule has 1 saturated heterocycles. The van der Waals surface area contributed by atoms with E-state index in [0.29, 0.717) is 37.6 Å². The van der Waals surface area contributed by atoms with Crippen LogP contribution in [0.5, 0.6) is 5.75 Å². The summed E-state index contributed by atoms with van der Waals surface area (Å²) in [5.74, 6) is -5.03. The topological polar surface area (TPSA) is 73.7 Å². The van der Waals surface area contributed by atoms with Gasteiger partial charge in [-0.15, -0.1) is 4.31 Å². The Morgan fingerprint density at radius 2 is 1.71 bits per heavy atom. The summed E-state index contributed by atoms with van der Waals surface area (Å²) in [7, 11) is 0. The molecule has 0 spiro atoms. The predicted octanol–water partition coefficient (Wildman–Crippen LogP) is 3.78. The molecule has 194 valence electrons. The van der Waals surface area contributed by atoms with Gasteiger partial charge < -0.3 is 14.2 Å². The Bertz CT molecular complexity index is 1030. The molecule has 1 unspecified atom stereocenters. The minimum atomic E-state index is -5.65. The van der Waals surface area contributed by atoms with Crippen molar-refractivity contribution in [2.24, 2.45) is 0 Å².